The first-order chi connectivity index (χ1) is 11.7. The number of benzene rings is 1. The van der Waals surface area contributed by atoms with E-state index in [9.17, 15) is 18.0 Å². The smallest absolute Gasteiger partial charge is 0.325 e. The molecule has 1 unspecified atom stereocenters. The highest BCUT2D eigenvalue weighted by Crippen LogP contribution is 2.31. The fraction of sp³-hybridized carbons (Fsp3) is 0.467. The van der Waals surface area contributed by atoms with Gasteiger partial charge in [0.05, 0.1) is 24.2 Å². The van der Waals surface area contributed by atoms with Gasteiger partial charge in [-0.25, -0.2) is 8.42 Å². The van der Waals surface area contributed by atoms with E-state index >= 15 is 0 Å². The Morgan fingerprint density at radius 1 is 1.12 bits per heavy atom. The third kappa shape index (κ3) is 4.83. The van der Waals surface area contributed by atoms with E-state index in [1.54, 1.807) is 0 Å². The van der Waals surface area contributed by atoms with E-state index in [0.717, 1.165) is 0 Å². The molecule has 25 heavy (non-hydrogen) atoms. The summed E-state index contributed by atoms with van der Waals surface area (Å²) in [6, 6.07) is 1.89. The highest BCUT2D eigenvalue weighted by atomic mass is 32.2. The second kappa shape index (κ2) is 7.70. The van der Waals surface area contributed by atoms with Gasteiger partial charge in [-0.2, -0.15) is 4.72 Å². The van der Waals surface area contributed by atoms with Gasteiger partial charge in [-0.3, -0.25) is 9.59 Å². The molecular formula is C15H20N2O7S. The molecule has 1 heterocycles. The number of hydrogen-bond acceptors (Lipinski definition) is 6. The van der Waals surface area contributed by atoms with E-state index in [0.29, 0.717) is 31.1 Å². The van der Waals surface area contributed by atoms with Crippen LogP contribution in [0.1, 0.15) is 20.3 Å². The molecule has 0 saturated carbocycles. The molecule has 0 bridgehead atoms. The molecule has 1 aliphatic heterocycles. The van der Waals surface area contributed by atoms with Crippen LogP contribution in [0.4, 0.5) is 0 Å². The summed E-state index contributed by atoms with van der Waals surface area (Å²) < 4.78 is 38.0. The first-order valence-corrected chi connectivity index (χ1v) is 9.14. The Labute approximate surface area is 145 Å². The number of hydrogen-bond donors (Lipinski definition) is 3. The maximum absolute atomic E-state index is 12.4. The summed E-state index contributed by atoms with van der Waals surface area (Å²) in [5.41, 5.74) is 0. The van der Waals surface area contributed by atoms with E-state index < -0.39 is 34.0 Å². The zero-order chi connectivity index (χ0) is 18.6. The summed E-state index contributed by atoms with van der Waals surface area (Å²) in [5.74, 6) is -1.19. The standard InChI is InChI=1S/C15H20N2O7S/c1-9(14(18)16-10(2)15(19)20)17-25(21,22)11-4-5-12-13(8-11)24-7-3-6-23-12/h4-5,8-10,17H,3,6-7H2,1-2H3,(H,16,18)(H,19,20)/t9?,10-/m0/s1. The largest absolute Gasteiger partial charge is 0.490 e. The molecule has 1 aromatic carbocycles. The number of rotatable bonds is 6. The zero-order valence-corrected chi connectivity index (χ0v) is 14.6. The first kappa shape index (κ1) is 19.0. The molecule has 1 amide bonds. The predicted molar refractivity (Wildman–Crippen MR) is 87.1 cm³/mol. The van der Waals surface area contributed by atoms with Crippen molar-refractivity contribution in [2.45, 2.75) is 37.2 Å². The van der Waals surface area contributed by atoms with Gasteiger partial charge in [0.25, 0.3) is 0 Å². The zero-order valence-electron chi connectivity index (χ0n) is 13.8. The third-order valence-corrected chi connectivity index (χ3v) is 5.02. The molecule has 2 rings (SSSR count). The average Bonchev–Trinajstić information content (AvgIpc) is 2.78. The quantitative estimate of drug-likeness (QED) is 0.645. The van der Waals surface area contributed by atoms with Crippen molar-refractivity contribution in [3.05, 3.63) is 18.2 Å². The van der Waals surface area contributed by atoms with Crippen molar-refractivity contribution >= 4 is 21.9 Å². The van der Waals surface area contributed by atoms with Crippen LogP contribution in [0.2, 0.25) is 0 Å². The van der Waals surface area contributed by atoms with Crippen LogP contribution < -0.4 is 19.5 Å². The number of aliphatic carboxylic acids is 1. The van der Waals surface area contributed by atoms with E-state index in [-0.39, 0.29) is 4.90 Å². The van der Waals surface area contributed by atoms with Crippen molar-refractivity contribution in [3.63, 3.8) is 0 Å². The molecule has 0 aliphatic carbocycles. The normalized spacial score (nSPS) is 16.4. The van der Waals surface area contributed by atoms with Crippen LogP contribution in [-0.4, -0.2) is 50.7 Å². The van der Waals surface area contributed by atoms with Crippen molar-refractivity contribution in [2.24, 2.45) is 0 Å². The number of sulfonamides is 1. The molecule has 2 atom stereocenters. The Hall–Kier alpha value is -2.33. The Kier molecular flexibility index (Phi) is 5.85. The van der Waals surface area contributed by atoms with Gasteiger partial charge >= 0.3 is 5.97 Å². The molecule has 0 radical (unpaired) electrons. The second-order valence-electron chi connectivity index (χ2n) is 5.57. The van der Waals surface area contributed by atoms with Gasteiger partial charge in [-0.05, 0) is 26.0 Å². The van der Waals surface area contributed by atoms with Crippen LogP contribution in [0.3, 0.4) is 0 Å². The molecule has 0 fully saturated rings. The van der Waals surface area contributed by atoms with Crippen LogP contribution in [0, 0.1) is 0 Å². The maximum Gasteiger partial charge on any atom is 0.325 e. The summed E-state index contributed by atoms with van der Waals surface area (Å²) >= 11 is 0. The molecule has 0 spiro atoms. The molecule has 1 aliphatic rings. The lowest BCUT2D eigenvalue weighted by Crippen LogP contribution is -2.49. The van der Waals surface area contributed by atoms with Crippen molar-refractivity contribution in [3.8, 4) is 11.5 Å². The molecular weight excluding hydrogens is 352 g/mol. The van der Waals surface area contributed by atoms with Gasteiger partial charge in [-0.1, -0.05) is 0 Å². The van der Waals surface area contributed by atoms with Crippen molar-refractivity contribution < 1.29 is 32.6 Å². The molecule has 10 heteroatoms. The van der Waals surface area contributed by atoms with E-state index in [1.807, 2.05) is 0 Å². The SMILES string of the molecule is CC(NS(=O)(=O)c1ccc2c(c1)OCCCO2)C(=O)N[C@@H](C)C(=O)O. The minimum Gasteiger partial charge on any atom is -0.490 e. The maximum atomic E-state index is 12.4. The van der Waals surface area contributed by atoms with Gasteiger partial charge in [0, 0.05) is 12.5 Å². The number of carbonyl (C=O) groups excluding carboxylic acids is 1. The van der Waals surface area contributed by atoms with Crippen LogP contribution in [0.5, 0.6) is 11.5 Å². The number of carbonyl (C=O) groups is 2. The van der Waals surface area contributed by atoms with E-state index in [2.05, 4.69) is 10.0 Å². The van der Waals surface area contributed by atoms with Crippen LogP contribution in [0.15, 0.2) is 23.1 Å². The second-order valence-corrected chi connectivity index (χ2v) is 7.28. The summed E-state index contributed by atoms with van der Waals surface area (Å²) in [5, 5.41) is 11.0. The van der Waals surface area contributed by atoms with Crippen LogP contribution in [-0.2, 0) is 19.6 Å². The lowest BCUT2D eigenvalue weighted by atomic mass is 10.3. The summed E-state index contributed by atoms with van der Waals surface area (Å²) in [7, 11) is -4.00. The third-order valence-electron chi connectivity index (χ3n) is 3.48. The molecule has 0 saturated heterocycles. The fourth-order valence-electron chi connectivity index (χ4n) is 2.07. The fourth-order valence-corrected chi connectivity index (χ4v) is 3.28. The number of fused-ring (bicyclic) bond motifs is 1. The summed E-state index contributed by atoms with van der Waals surface area (Å²) in [6.45, 7) is 3.50. The Bertz CT molecular complexity index is 763. The number of ether oxygens (including phenoxy) is 2. The minimum atomic E-state index is -4.00. The predicted octanol–water partition coefficient (Wildman–Crippen LogP) is 0.104. The highest BCUT2D eigenvalue weighted by Gasteiger charge is 2.25. The number of carboxylic acid groups (broad SMARTS) is 1. The first-order valence-electron chi connectivity index (χ1n) is 7.66. The summed E-state index contributed by atoms with van der Waals surface area (Å²) in [4.78, 5) is 22.6. The van der Waals surface area contributed by atoms with E-state index in [4.69, 9.17) is 14.6 Å². The Balaban J connectivity index is 2.12. The van der Waals surface area contributed by atoms with Crippen LogP contribution >= 0.6 is 0 Å². The van der Waals surface area contributed by atoms with Gasteiger partial charge in [-0.15, -0.1) is 0 Å². The van der Waals surface area contributed by atoms with E-state index in [1.165, 1.54) is 32.0 Å². The number of nitrogens with one attached hydrogen (secondary N) is 2. The van der Waals surface area contributed by atoms with Gasteiger partial charge in [0.2, 0.25) is 15.9 Å². The number of carboxylic acids is 1. The van der Waals surface area contributed by atoms with Gasteiger partial charge in [0.1, 0.15) is 6.04 Å². The molecule has 1 aromatic rings. The van der Waals surface area contributed by atoms with Crippen molar-refractivity contribution in [1.29, 1.82) is 0 Å². The molecule has 3 N–H and O–H groups in total. The Morgan fingerprint density at radius 3 is 2.40 bits per heavy atom. The monoisotopic (exact) mass is 372 g/mol. The van der Waals surface area contributed by atoms with Gasteiger partial charge < -0.3 is 19.9 Å². The van der Waals surface area contributed by atoms with Gasteiger partial charge in [0.15, 0.2) is 11.5 Å². The average molecular weight is 372 g/mol. The highest BCUT2D eigenvalue weighted by molar-refractivity contribution is 7.89. The van der Waals surface area contributed by atoms with Crippen LogP contribution in [0.25, 0.3) is 0 Å². The topological polar surface area (TPSA) is 131 Å². The molecule has 9 nitrogen and oxygen atoms in total. The molecule has 0 aromatic heterocycles. The lowest BCUT2D eigenvalue weighted by Gasteiger charge is -2.17. The molecule has 138 valence electrons. The lowest BCUT2D eigenvalue weighted by molar-refractivity contribution is -0.141. The number of amides is 1. The minimum absolute atomic E-state index is 0.0808. The van der Waals surface area contributed by atoms with Crippen molar-refractivity contribution in [1.82, 2.24) is 10.0 Å². The summed E-state index contributed by atoms with van der Waals surface area (Å²) in [6.07, 6.45) is 0.688. The Morgan fingerprint density at radius 2 is 1.76 bits per heavy atom. The van der Waals surface area contributed by atoms with Crippen molar-refractivity contribution in [2.75, 3.05) is 13.2 Å².